The van der Waals surface area contributed by atoms with Gasteiger partial charge in [0.25, 0.3) is 0 Å². The quantitative estimate of drug-likeness (QED) is 0.656. The van der Waals surface area contributed by atoms with Gasteiger partial charge in [-0.25, -0.2) is 8.42 Å². The number of benzene rings is 1. The number of piperazine rings is 1. The third-order valence-electron chi connectivity index (χ3n) is 4.87. The number of fused-ring (bicyclic) bond motifs is 1. The molecule has 0 radical (unpaired) electrons. The topological polar surface area (TPSA) is 102 Å². The molecule has 0 spiro atoms. The van der Waals surface area contributed by atoms with Crippen LogP contribution < -0.4 is 4.90 Å². The average Bonchev–Trinajstić information content (AvgIpc) is 3.16. The number of rotatable bonds is 3. The molecule has 28 heavy (non-hydrogen) atoms. The van der Waals surface area contributed by atoms with Gasteiger partial charge in [0.2, 0.25) is 10.0 Å². The van der Waals surface area contributed by atoms with E-state index in [0.717, 1.165) is 22.7 Å². The lowest BCUT2D eigenvalue weighted by molar-refractivity contribution is 0.385. The normalized spacial score (nSPS) is 16.5. The van der Waals surface area contributed by atoms with Gasteiger partial charge in [0.1, 0.15) is 22.3 Å². The summed E-state index contributed by atoms with van der Waals surface area (Å²) in [5.41, 5.74) is 3.89. The lowest BCUT2D eigenvalue weighted by Gasteiger charge is -2.36. The van der Waals surface area contributed by atoms with Gasteiger partial charge >= 0.3 is 0 Å². The Kier molecular flexibility index (Phi) is 4.74. The van der Waals surface area contributed by atoms with Gasteiger partial charge < -0.3 is 4.90 Å². The predicted molar refractivity (Wildman–Crippen MR) is 107 cm³/mol. The molecule has 2 aromatic rings. The van der Waals surface area contributed by atoms with Gasteiger partial charge in [-0.15, -0.1) is 0 Å². The van der Waals surface area contributed by atoms with Crippen LogP contribution in [0.3, 0.4) is 0 Å². The van der Waals surface area contributed by atoms with Gasteiger partial charge in [-0.3, -0.25) is 4.98 Å². The van der Waals surface area contributed by atoms with Gasteiger partial charge in [-0.05, 0) is 32.0 Å². The Morgan fingerprint density at radius 2 is 1.89 bits per heavy atom. The van der Waals surface area contributed by atoms with Crippen LogP contribution in [0.4, 0.5) is 17.1 Å². The van der Waals surface area contributed by atoms with E-state index < -0.39 is 10.0 Å². The van der Waals surface area contributed by atoms with Crippen molar-refractivity contribution in [3.63, 3.8) is 0 Å². The Balaban J connectivity index is 1.58. The molecule has 0 N–H and O–H groups in total. The summed E-state index contributed by atoms with van der Waals surface area (Å²) in [6, 6.07) is 9.13. The molecule has 0 amide bonds. The summed E-state index contributed by atoms with van der Waals surface area (Å²) in [6.07, 6.45) is 0. The second-order valence-corrected chi connectivity index (χ2v) is 9.07. The van der Waals surface area contributed by atoms with Gasteiger partial charge in [-0.2, -0.15) is 18.3 Å². The maximum atomic E-state index is 13.2. The van der Waals surface area contributed by atoms with Crippen molar-refractivity contribution in [1.29, 1.82) is 5.26 Å². The minimum atomic E-state index is -3.66. The highest BCUT2D eigenvalue weighted by molar-refractivity contribution is 7.89. The Morgan fingerprint density at radius 1 is 1.14 bits per heavy atom. The van der Waals surface area contributed by atoms with Gasteiger partial charge in [0.15, 0.2) is 0 Å². The third-order valence-corrected chi connectivity index (χ3v) is 7.34. The first-order chi connectivity index (χ1) is 13.4. The van der Waals surface area contributed by atoms with Crippen molar-refractivity contribution in [2.24, 2.45) is 8.73 Å². The highest BCUT2D eigenvalue weighted by Gasteiger charge is 2.32. The van der Waals surface area contributed by atoms with E-state index in [-0.39, 0.29) is 4.90 Å². The molecule has 1 saturated heterocycles. The SMILES string of the molecule is Cc1cc(N2CCN(S(=O)(=O)c3cccc4c3N=S=N4)CC2)c(C#N)c(C)n1. The first-order valence-corrected chi connectivity index (χ1v) is 10.9. The van der Waals surface area contributed by atoms with Crippen molar-refractivity contribution >= 4 is 38.4 Å². The molecule has 4 rings (SSSR count). The summed E-state index contributed by atoms with van der Waals surface area (Å²) in [5.74, 6) is 0. The number of sulfonamides is 1. The molecule has 0 bridgehead atoms. The molecule has 2 aliphatic rings. The number of hydrogen-bond acceptors (Lipinski definition) is 7. The van der Waals surface area contributed by atoms with Crippen molar-refractivity contribution in [2.75, 3.05) is 31.1 Å². The van der Waals surface area contributed by atoms with Crippen molar-refractivity contribution in [1.82, 2.24) is 9.29 Å². The Hall–Kier alpha value is -2.61. The third kappa shape index (κ3) is 3.11. The van der Waals surface area contributed by atoms with Crippen LogP contribution in [0.25, 0.3) is 0 Å². The van der Waals surface area contributed by atoms with Crippen LogP contribution in [0.2, 0.25) is 0 Å². The zero-order chi connectivity index (χ0) is 19.9. The molecule has 1 aromatic carbocycles. The largest absolute Gasteiger partial charge is 0.368 e. The van der Waals surface area contributed by atoms with Crippen LogP contribution in [0.15, 0.2) is 37.9 Å². The van der Waals surface area contributed by atoms with Gasteiger partial charge in [0, 0.05) is 31.9 Å². The van der Waals surface area contributed by atoms with Crippen LogP contribution in [0, 0.1) is 25.2 Å². The summed E-state index contributed by atoms with van der Waals surface area (Å²) < 4.78 is 36.1. The van der Waals surface area contributed by atoms with Crippen LogP contribution in [-0.2, 0) is 21.4 Å². The van der Waals surface area contributed by atoms with Crippen LogP contribution >= 0.6 is 0 Å². The van der Waals surface area contributed by atoms with E-state index in [4.69, 9.17) is 0 Å². The highest BCUT2D eigenvalue weighted by atomic mass is 32.2. The number of aryl methyl sites for hydroxylation is 2. The minimum Gasteiger partial charge on any atom is -0.368 e. The molecular weight excluding hydrogens is 396 g/mol. The minimum absolute atomic E-state index is 0.195. The number of hydrogen-bond donors (Lipinski definition) is 0. The fourth-order valence-corrected chi connectivity index (χ4v) is 5.67. The smallest absolute Gasteiger partial charge is 0.245 e. The fraction of sp³-hybridized carbons (Fsp3) is 0.333. The lowest BCUT2D eigenvalue weighted by atomic mass is 10.1. The van der Waals surface area contributed by atoms with Crippen LogP contribution in [0.1, 0.15) is 17.0 Å². The Morgan fingerprint density at radius 3 is 2.61 bits per heavy atom. The van der Waals surface area contributed by atoms with Gasteiger partial charge in [-0.1, -0.05) is 6.07 Å². The summed E-state index contributed by atoms with van der Waals surface area (Å²) in [5, 5.41) is 9.50. The molecular formula is C18H18N6O2S2. The molecule has 0 atom stereocenters. The van der Waals surface area contributed by atoms with E-state index in [1.807, 2.05) is 19.9 Å². The fourth-order valence-electron chi connectivity index (χ4n) is 3.49. The van der Waals surface area contributed by atoms with E-state index in [2.05, 4.69) is 24.7 Å². The first-order valence-electron chi connectivity index (χ1n) is 8.76. The van der Waals surface area contributed by atoms with Crippen molar-refractivity contribution < 1.29 is 8.42 Å². The molecule has 0 saturated carbocycles. The molecule has 3 heterocycles. The maximum absolute atomic E-state index is 13.2. The van der Waals surface area contributed by atoms with Crippen molar-refractivity contribution in [2.45, 2.75) is 18.7 Å². The second kappa shape index (κ2) is 7.09. The number of pyridine rings is 1. The van der Waals surface area contributed by atoms with E-state index in [0.29, 0.717) is 48.8 Å². The average molecular weight is 415 g/mol. The summed E-state index contributed by atoms with van der Waals surface area (Å²) in [7, 11) is -3.66. The van der Waals surface area contributed by atoms with E-state index in [1.165, 1.54) is 4.31 Å². The summed E-state index contributed by atoms with van der Waals surface area (Å²) in [4.78, 5) is 6.60. The van der Waals surface area contributed by atoms with E-state index in [1.54, 1.807) is 18.2 Å². The first kappa shape index (κ1) is 18.7. The Bertz CT molecular complexity index is 1170. The van der Waals surface area contributed by atoms with E-state index >= 15 is 0 Å². The molecule has 1 fully saturated rings. The molecule has 8 nitrogen and oxygen atoms in total. The number of aromatic nitrogens is 1. The molecule has 0 aliphatic carbocycles. The zero-order valence-electron chi connectivity index (χ0n) is 15.5. The Labute approximate surface area is 167 Å². The predicted octanol–water partition coefficient (Wildman–Crippen LogP) is 2.81. The molecule has 10 heteroatoms. The number of nitrogens with zero attached hydrogens (tertiary/aromatic N) is 6. The molecule has 144 valence electrons. The second-order valence-electron chi connectivity index (χ2n) is 6.63. The zero-order valence-corrected chi connectivity index (χ0v) is 17.1. The van der Waals surface area contributed by atoms with E-state index in [9.17, 15) is 13.7 Å². The highest BCUT2D eigenvalue weighted by Crippen LogP contribution is 2.38. The monoisotopic (exact) mass is 414 g/mol. The number of nitriles is 1. The molecule has 1 aromatic heterocycles. The maximum Gasteiger partial charge on any atom is 0.245 e. The molecule has 0 unspecified atom stereocenters. The lowest BCUT2D eigenvalue weighted by Crippen LogP contribution is -2.49. The van der Waals surface area contributed by atoms with Gasteiger partial charge in [0.05, 0.1) is 28.3 Å². The number of anilines is 1. The van der Waals surface area contributed by atoms with Crippen molar-refractivity contribution in [3.8, 4) is 6.07 Å². The summed E-state index contributed by atoms with van der Waals surface area (Å²) in [6.45, 7) is 5.38. The summed E-state index contributed by atoms with van der Waals surface area (Å²) >= 11 is 1.01. The van der Waals surface area contributed by atoms with Crippen LogP contribution in [0.5, 0.6) is 0 Å². The standard InChI is InChI=1S/C18H18N6O2S2/c1-12-10-16(14(11-19)13(2)20-12)23-6-8-24(9-7-23)28(25,26)17-5-3-4-15-18(17)22-27-21-15/h3-5,10H,6-9H2,1-2H3. The van der Waals surface area contributed by atoms with Crippen molar-refractivity contribution in [3.05, 3.63) is 41.2 Å². The molecule has 2 aliphatic heterocycles. The van der Waals surface area contributed by atoms with Crippen LogP contribution in [-0.4, -0.2) is 43.9 Å².